The molecule has 0 aliphatic carbocycles. The molecule has 1 aromatic rings. The summed E-state index contributed by atoms with van der Waals surface area (Å²) in [5.41, 5.74) is 2.45. The number of alkyl halides is 2. The van der Waals surface area contributed by atoms with Gasteiger partial charge in [0.2, 0.25) is 0 Å². The first kappa shape index (κ1) is 12.1. The highest BCUT2D eigenvalue weighted by atomic mass is 127. The Morgan fingerprint density at radius 3 is 2.57 bits per heavy atom. The van der Waals surface area contributed by atoms with E-state index in [9.17, 15) is 0 Å². The van der Waals surface area contributed by atoms with E-state index in [0.717, 1.165) is 18.7 Å². The van der Waals surface area contributed by atoms with Gasteiger partial charge in [-0.15, -0.1) is 11.6 Å². The van der Waals surface area contributed by atoms with Crippen LogP contribution in [0.15, 0.2) is 36.9 Å². The van der Waals surface area contributed by atoms with E-state index in [2.05, 4.69) is 41.3 Å². The van der Waals surface area contributed by atoms with Crippen molar-refractivity contribution in [1.82, 2.24) is 0 Å². The standard InChI is InChI=1S/C12H14ClI/c1-10(7-8-12(14)9-13)11-5-3-2-4-6-11/h2-6,12H,1,7-9H2. The topological polar surface area (TPSA) is 0 Å². The number of benzene rings is 1. The van der Waals surface area contributed by atoms with Crippen LogP contribution in [-0.2, 0) is 0 Å². The molecular formula is C12H14ClI. The number of rotatable bonds is 5. The summed E-state index contributed by atoms with van der Waals surface area (Å²) in [7, 11) is 0. The molecule has 0 aliphatic rings. The van der Waals surface area contributed by atoms with Gasteiger partial charge in [-0.05, 0) is 24.0 Å². The van der Waals surface area contributed by atoms with Crippen LogP contribution in [0.2, 0.25) is 0 Å². The highest BCUT2D eigenvalue weighted by Gasteiger charge is 2.04. The first-order valence-electron chi connectivity index (χ1n) is 4.67. The Labute approximate surface area is 104 Å². The normalized spacial score (nSPS) is 12.4. The highest BCUT2D eigenvalue weighted by Crippen LogP contribution is 2.21. The van der Waals surface area contributed by atoms with E-state index < -0.39 is 0 Å². The van der Waals surface area contributed by atoms with Crippen molar-refractivity contribution in [2.75, 3.05) is 5.88 Å². The molecule has 1 atom stereocenters. The lowest BCUT2D eigenvalue weighted by molar-refractivity contribution is 0.873. The fourth-order valence-electron chi connectivity index (χ4n) is 1.23. The van der Waals surface area contributed by atoms with Gasteiger partial charge in [-0.1, -0.05) is 59.5 Å². The van der Waals surface area contributed by atoms with E-state index >= 15 is 0 Å². The van der Waals surface area contributed by atoms with Gasteiger partial charge in [0.25, 0.3) is 0 Å². The molecule has 0 N–H and O–H groups in total. The van der Waals surface area contributed by atoms with E-state index in [1.165, 1.54) is 11.1 Å². The van der Waals surface area contributed by atoms with E-state index in [1.807, 2.05) is 18.2 Å². The summed E-state index contributed by atoms with van der Waals surface area (Å²) in [6.07, 6.45) is 2.14. The first-order valence-corrected chi connectivity index (χ1v) is 6.45. The summed E-state index contributed by atoms with van der Waals surface area (Å²) < 4.78 is 0.551. The molecule has 76 valence electrons. The van der Waals surface area contributed by atoms with Gasteiger partial charge in [-0.3, -0.25) is 0 Å². The summed E-state index contributed by atoms with van der Waals surface area (Å²) >= 11 is 8.13. The molecule has 0 amide bonds. The predicted molar refractivity (Wildman–Crippen MR) is 73.2 cm³/mol. The molecule has 0 saturated heterocycles. The maximum absolute atomic E-state index is 5.74. The minimum atomic E-state index is 0.551. The molecule has 0 fully saturated rings. The largest absolute Gasteiger partial charge is 0.126 e. The molecule has 0 spiro atoms. The molecule has 0 nitrogen and oxygen atoms in total. The Morgan fingerprint density at radius 1 is 1.36 bits per heavy atom. The van der Waals surface area contributed by atoms with Gasteiger partial charge in [-0.2, -0.15) is 0 Å². The number of hydrogen-bond donors (Lipinski definition) is 0. The molecule has 2 heteroatoms. The fourth-order valence-corrected chi connectivity index (χ4v) is 1.69. The third kappa shape index (κ3) is 4.01. The van der Waals surface area contributed by atoms with Crippen LogP contribution in [0.5, 0.6) is 0 Å². The van der Waals surface area contributed by atoms with Gasteiger partial charge in [0, 0.05) is 9.80 Å². The van der Waals surface area contributed by atoms with Crippen LogP contribution in [-0.4, -0.2) is 9.80 Å². The van der Waals surface area contributed by atoms with Crippen molar-refractivity contribution in [3.8, 4) is 0 Å². The predicted octanol–water partition coefficient (Wildman–Crippen LogP) is 4.52. The number of allylic oxidation sites excluding steroid dienone is 1. The summed E-state index contributed by atoms with van der Waals surface area (Å²) in [6, 6.07) is 10.3. The van der Waals surface area contributed by atoms with Crippen LogP contribution in [0.3, 0.4) is 0 Å². The Balaban J connectivity index is 2.44. The van der Waals surface area contributed by atoms with Crippen LogP contribution in [0.4, 0.5) is 0 Å². The monoisotopic (exact) mass is 320 g/mol. The van der Waals surface area contributed by atoms with Crippen LogP contribution in [0.25, 0.3) is 5.57 Å². The SMILES string of the molecule is C=C(CCC(I)CCl)c1ccccc1. The molecule has 14 heavy (non-hydrogen) atoms. The lowest BCUT2D eigenvalue weighted by atomic mass is 10.0. The van der Waals surface area contributed by atoms with E-state index in [-0.39, 0.29) is 0 Å². The van der Waals surface area contributed by atoms with Gasteiger partial charge >= 0.3 is 0 Å². The van der Waals surface area contributed by atoms with E-state index in [4.69, 9.17) is 11.6 Å². The average molecular weight is 321 g/mol. The summed E-state index contributed by atoms with van der Waals surface area (Å²) in [5.74, 6) is 0.725. The third-order valence-corrected chi connectivity index (χ3v) is 4.07. The van der Waals surface area contributed by atoms with Crippen molar-refractivity contribution >= 4 is 39.8 Å². The molecule has 0 aliphatic heterocycles. The van der Waals surface area contributed by atoms with E-state index in [0.29, 0.717) is 3.92 Å². The molecule has 0 bridgehead atoms. The quantitative estimate of drug-likeness (QED) is 0.552. The molecular weight excluding hydrogens is 306 g/mol. The number of halogens is 2. The summed E-state index contributed by atoms with van der Waals surface area (Å²) in [5, 5.41) is 0. The second kappa shape index (κ2) is 6.46. The first-order chi connectivity index (χ1) is 6.74. The van der Waals surface area contributed by atoms with Crippen molar-refractivity contribution in [2.24, 2.45) is 0 Å². The average Bonchev–Trinajstić information content (AvgIpc) is 2.26. The maximum atomic E-state index is 5.74. The Hall–Kier alpha value is -0.0200. The molecule has 0 radical (unpaired) electrons. The van der Waals surface area contributed by atoms with Gasteiger partial charge in [0.05, 0.1) is 0 Å². The molecule has 0 saturated carbocycles. The van der Waals surface area contributed by atoms with Gasteiger partial charge in [0.1, 0.15) is 0 Å². The van der Waals surface area contributed by atoms with Gasteiger partial charge in [0.15, 0.2) is 0 Å². The van der Waals surface area contributed by atoms with Crippen LogP contribution in [0.1, 0.15) is 18.4 Å². The fraction of sp³-hybridized carbons (Fsp3) is 0.333. The zero-order valence-corrected chi connectivity index (χ0v) is 11.0. The van der Waals surface area contributed by atoms with Crippen molar-refractivity contribution < 1.29 is 0 Å². The molecule has 1 unspecified atom stereocenters. The van der Waals surface area contributed by atoms with Crippen molar-refractivity contribution in [3.63, 3.8) is 0 Å². The van der Waals surface area contributed by atoms with Crippen LogP contribution >= 0.6 is 34.2 Å². The van der Waals surface area contributed by atoms with Crippen LogP contribution in [0, 0.1) is 0 Å². The lowest BCUT2D eigenvalue weighted by Crippen LogP contribution is -1.98. The minimum absolute atomic E-state index is 0.551. The van der Waals surface area contributed by atoms with Gasteiger partial charge in [-0.25, -0.2) is 0 Å². The molecule has 0 heterocycles. The minimum Gasteiger partial charge on any atom is -0.126 e. The zero-order valence-electron chi connectivity index (χ0n) is 8.05. The van der Waals surface area contributed by atoms with Gasteiger partial charge < -0.3 is 0 Å². The molecule has 0 aromatic heterocycles. The zero-order chi connectivity index (χ0) is 10.4. The molecule has 1 aromatic carbocycles. The smallest absolute Gasteiger partial charge is 0.0341 e. The lowest BCUT2D eigenvalue weighted by Gasteiger charge is -2.08. The summed E-state index contributed by atoms with van der Waals surface area (Å²) in [4.78, 5) is 0. The third-order valence-electron chi connectivity index (χ3n) is 2.11. The second-order valence-electron chi connectivity index (χ2n) is 3.26. The Bertz CT molecular complexity index is 282. The molecule has 1 rings (SSSR count). The Kier molecular flexibility index (Phi) is 5.56. The van der Waals surface area contributed by atoms with Crippen LogP contribution < -0.4 is 0 Å². The second-order valence-corrected chi connectivity index (χ2v) is 5.33. The van der Waals surface area contributed by atoms with Crippen molar-refractivity contribution in [3.05, 3.63) is 42.5 Å². The number of hydrogen-bond acceptors (Lipinski definition) is 0. The van der Waals surface area contributed by atoms with Crippen molar-refractivity contribution in [2.45, 2.75) is 16.8 Å². The van der Waals surface area contributed by atoms with Crippen molar-refractivity contribution in [1.29, 1.82) is 0 Å². The Morgan fingerprint density at radius 2 is 2.00 bits per heavy atom. The van der Waals surface area contributed by atoms with E-state index in [1.54, 1.807) is 0 Å². The highest BCUT2D eigenvalue weighted by molar-refractivity contribution is 14.1. The summed E-state index contributed by atoms with van der Waals surface area (Å²) in [6.45, 7) is 4.08. The maximum Gasteiger partial charge on any atom is 0.0341 e.